The number of hydrogen-bond acceptors (Lipinski definition) is 2. The zero-order valence-electron chi connectivity index (χ0n) is 10.6. The Morgan fingerprint density at radius 1 is 1.20 bits per heavy atom. The van der Waals surface area contributed by atoms with E-state index in [0.29, 0.717) is 17.1 Å². The number of hydrogen-bond donors (Lipinski definition) is 1. The van der Waals surface area contributed by atoms with Crippen molar-refractivity contribution in [1.29, 1.82) is 0 Å². The number of pyridine rings is 1. The Morgan fingerprint density at radius 2 is 2.00 bits per heavy atom. The third kappa shape index (κ3) is 2.65. The van der Waals surface area contributed by atoms with Gasteiger partial charge in [0.1, 0.15) is 5.65 Å². The number of carbonyl (C=O) groups is 1. The van der Waals surface area contributed by atoms with E-state index >= 15 is 0 Å². The highest BCUT2D eigenvalue weighted by molar-refractivity contribution is 6.30. The van der Waals surface area contributed by atoms with E-state index in [2.05, 4.69) is 10.3 Å². The van der Waals surface area contributed by atoms with Gasteiger partial charge in [0.2, 0.25) is 0 Å². The maximum atomic E-state index is 12.1. The molecule has 100 valence electrons. The summed E-state index contributed by atoms with van der Waals surface area (Å²) in [6.45, 7) is 0.470. The van der Waals surface area contributed by atoms with Crippen LogP contribution in [0.15, 0.2) is 55.0 Å². The Balaban J connectivity index is 1.70. The maximum Gasteiger partial charge on any atom is 0.253 e. The predicted octanol–water partition coefficient (Wildman–Crippen LogP) is 2.92. The van der Waals surface area contributed by atoms with E-state index < -0.39 is 0 Å². The molecule has 0 unspecified atom stereocenters. The lowest BCUT2D eigenvalue weighted by Crippen LogP contribution is -2.23. The molecule has 0 radical (unpaired) electrons. The highest BCUT2D eigenvalue weighted by Crippen LogP contribution is 2.10. The van der Waals surface area contributed by atoms with Crippen molar-refractivity contribution in [3.05, 3.63) is 71.1 Å². The van der Waals surface area contributed by atoms with Crippen molar-refractivity contribution < 1.29 is 4.79 Å². The van der Waals surface area contributed by atoms with Crippen molar-refractivity contribution in [2.75, 3.05) is 0 Å². The Kier molecular flexibility index (Phi) is 3.39. The molecular weight excluding hydrogens is 274 g/mol. The summed E-state index contributed by atoms with van der Waals surface area (Å²) in [4.78, 5) is 16.2. The van der Waals surface area contributed by atoms with Crippen molar-refractivity contribution in [3.8, 4) is 0 Å². The van der Waals surface area contributed by atoms with Crippen LogP contribution in [0.25, 0.3) is 5.65 Å². The normalized spacial score (nSPS) is 10.7. The lowest BCUT2D eigenvalue weighted by molar-refractivity contribution is 0.0950. The molecule has 0 aliphatic rings. The van der Waals surface area contributed by atoms with Crippen LogP contribution in [0.1, 0.15) is 15.9 Å². The third-order valence-corrected chi connectivity index (χ3v) is 3.27. The number of nitrogens with one attached hydrogen (secondary N) is 1. The van der Waals surface area contributed by atoms with Gasteiger partial charge in [0, 0.05) is 30.2 Å². The number of carbonyl (C=O) groups excluding carboxylic acids is 1. The second-order valence-corrected chi connectivity index (χ2v) is 4.86. The van der Waals surface area contributed by atoms with Gasteiger partial charge in [0.15, 0.2) is 0 Å². The zero-order chi connectivity index (χ0) is 13.9. The predicted molar refractivity (Wildman–Crippen MR) is 77.8 cm³/mol. The van der Waals surface area contributed by atoms with Crippen LogP contribution in [0.4, 0.5) is 0 Å². The fraction of sp³-hybridized carbons (Fsp3) is 0.0667. The molecule has 0 aliphatic carbocycles. The summed E-state index contributed by atoms with van der Waals surface area (Å²) in [6.07, 6.45) is 5.27. The fourth-order valence-electron chi connectivity index (χ4n) is 1.94. The molecule has 2 aromatic heterocycles. The number of amides is 1. The molecule has 0 fully saturated rings. The monoisotopic (exact) mass is 285 g/mol. The van der Waals surface area contributed by atoms with Crippen molar-refractivity contribution >= 4 is 23.2 Å². The molecule has 1 amide bonds. The molecule has 2 heterocycles. The Labute approximate surface area is 121 Å². The maximum absolute atomic E-state index is 12.1. The van der Waals surface area contributed by atoms with Gasteiger partial charge >= 0.3 is 0 Å². The number of nitrogens with zero attached hydrogens (tertiary/aromatic N) is 2. The minimum Gasteiger partial charge on any atom is -0.348 e. The molecule has 0 atom stereocenters. The van der Waals surface area contributed by atoms with Crippen LogP contribution >= 0.6 is 11.6 Å². The Bertz CT molecular complexity index is 749. The van der Waals surface area contributed by atoms with Crippen molar-refractivity contribution in [3.63, 3.8) is 0 Å². The molecule has 0 saturated carbocycles. The van der Waals surface area contributed by atoms with Gasteiger partial charge in [-0.25, -0.2) is 4.98 Å². The molecule has 0 saturated heterocycles. The van der Waals surface area contributed by atoms with Crippen molar-refractivity contribution in [2.45, 2.75) is 6.54 Å². The van der Waals surface area contributed by atoms with E-state index in [1.54, 1.807) is 30.6 Å². The number of aromatic nitrogens is 2. The summed E-state index contributed by atoms with van der Waals surface area (Å²) in [6, 6.07) is 11.0. The molecule has 3 aromatic rings. The average Bonchev–Trinajstić information content (AvgIpc) is 2.93. The van der Waals surface area contributed by atoms with Gasteiger partial charge in [-0.1, -0.05) is 23.7 Å². The van der Waals surface area contributed by atoms with Crippen LogP contribution in [0.2, 0.25) is 5.02 Å². The van der Waals surface area contributed by atoms with E-state index in [0.717, 1.165) is 11.2 Å². The van der Waals surface area contributed by atoms with E-state index in [-0.39, 0.29) is 5.91 Å². The fourth-order valence-corrected chi connectivity index (χ4v) is 2.07. The lowest BCUT2D eigenvalue weighted by atomic mass is 10.2. The van der Waals surface area contributed by atoms with E-state index in [1.165, 1.54) is 0 Å². The van der Waals surface area contributed by atoms with Gasteiger partial charge in [-0.3, -0.25) is 4.79 Å². The Hall–Kier alpha value is -2.33. The van der Waals surface area contributed by atoms with Crippen molar-refractivity contribution in [2.24, 2.45) is 0 Å². The molecule has 3 rings (SSSR count). The highest BCUT2D eigenvalue weighted by Gasteiger charge is 2.06. The summed E-state index contributed by atoms with van der Waals surface area (Å²) < 4.78 is 1.82. The first kappa shape index (κ1) is 12.7. The van der Waals surface area contributed by atoms with Crippen LogP contribution in [0.5, 0.6) is 0 Å². The van der Waals surface area contributed by atoms with Crippen LogP contribution in [0.3, 0.4) is 0 Å². The summed E-state index contributed by atoms with van der Waals surface area (Å²) in [5.41, 5.74) is 2.43. The molecule has 4 nitrogen and oxygen atoms in total. The number of fused-ring (bicyclic) bond motifs is 1. The first-order valence-electron chi connectivity index (χ1n) is 6.18. The lowest BCUT2D eigenvalue weighted by Gasteiger charge is -2.06. The standard InChI is InChI=1S/C15H12ClN3O/c16-13-4-1-11(2-5-13)9-18-15(20)12-3-6-14-17-7-8-19(14)10-12/h1-8,10H,9H2,(H,18,20). The first-order valence-corrected chi connectivity index (χ1v) is 6.55. The highest BCUT2D eigenvalue weighted by atomic mass is 35.5. The molecule has 0 spiro atoms. The molecule has 1 aromatic carbocycles. The summed E-state index contributed by atoms with van der Waals surface area (Å²) in [5.74, 6) is -0.115. The molecule has 0 bridgehead atoms. The van der Waals surface area contributed by atoms with Gasteiger partial charge in [-0.2, -0.15) is 0 Å². The van der Waals surface area contributed by atoms with E-state index in [4.69, 9.17) is 11.6 Å². The van der Waals surface area contributed by atoms with Crippen LogP contribution < -0.4 is 5.32 Å². The van der Waals surface area contributed by atoms with Crippen LogP contribution in [0, 0.1) is 0 Å². The van der Waals surface area contributed by atoms with Gasteiger partial charge in [-0.05, 0) is 29.8 Å². The molecule has 0 aliphatic heterocycles. The van der Waals surface area contributed by atoms with E-state index in [1.807, 2.05) is 28.8 Å². The minimum absolute atomic E-state index is 0.115. The molecule has 20 heavy (non-hydrogen) atoms. The third-order valence-electron chi connectivity index (χ3n) is 3.02. The summed E-state index contributed by atoms with van der Waals surface area (Å²) >= 11 is 5.82. The topological polar surface area (TPSA) is 46.4 Å². The van der Waals surface area contributed by atoms with Crippen LogP contribution in [-0.4, -0.2) is 15.3 Å². The minimum atomic E-state index is -0.115. The molecule has 5 heteroatoms. The summed E-state index contributed by atoms with van der Waals surface area (Å²) in [5, 5.41) is 3.56. The SMILES string of the molecule is O=C(NCc1ccc(Cl)cc1)c1ccc2nccn2c1. The first-order chi connectivity index (χ1) is 9.72. The summed E-state index contributed by atoms with van der Waals surface area (Å²) in [7, 11) is 0. The van der Waals surface area contributed by atoms with Gasteiger partial charge in [-0.15, -0.1) is 0 Å². The smallest absolute Gasteiger partial charge is 0.253 e. The zero-order valence-corrected chi connectivity index (χ0v) is 11.3. The van der Waals surface area contributed by atoms with Gasteiger partial charge < -0.3 is 9.72 Å². The number of rotatable bonds is 3. The Morgan fingerprint density at radius 3 is 2.80 bits per heavy atom. The molecule has 1 N–H and O–H groups in total. The largest absolute Gasteiger partial charge is 0.348 e. The van der Waals surface area contributed by atoms with Gasteiger partial charge in [0.05, 0.1) is 5.56 Å². The molecular formula is C15H12ClN3O. The van der Waals surface area contributed by atoms with E-state index in [9.17, 15) is 4.79 Å². The van der Waals surface area contributed by atoms with Gasteiger partial charge in [0.25, 0.3) is 5.91 Å². The average molecular weight is 286 g/mol. The number of imidazole rings is 1. The van der Waals surface area contributed by atoms with Crippen molar-refractivity contribution in [1.82, 2.24) is 14.7 Å². The number of halogens is 1. The second-order valence-electron chi connectivity index (χ2n) is 4.42. The van der Waals surface area contributed by atoms with Crippen LogP contribution in [-0.2, 0) is 6.54 Å². The second kappa shape index (κ2) is 5.35. The number of benzene rings is 1. The quantitative estimate of drug-likeness (QED) is 0.804.